The third-order valence-electron chi connectivity index (χ3n) is 2.77. The van der Waals surface area contributed by atoms with Gasteiger partial charge in [0.15, 0.2) is 0 Å². The Bertz CT molecular complexity index is 372. The third-order valence-corrected chi connectivity index (χ3v) is 3.07. The zero-order chi connectivity index (χ0) is 11.4. The number of nitrogens with zero attached hydrogens (tertiary/aromatic N) is 2. The van der Waals surface area contributed by atoms with Crippen LogP contribution >= 0.6 is 12.2 Å². The highest BCUT2D eigenvalue weighted by atomic mass is 32.1. The molecule has 0 saturated carbocycles. The molecule has 3 nitrogen and oxygen atoms in total. The Hall–Kier alpha value is -1.42. The van der Waals surface area contributed by atoms with Gasteiger partial charge >= 0.3 is 0 Å². The monoisotopic (exact) mass is 234 g/mol. The van der Waals surface area contributed by atoms with E-state index in [9.17, 15) is 4.79 Å². The predicted molar refractivity (Wildman–Crippen MR) is 67.6 cm³/mol. The molecule has 0 spiro atoms. The fraction of sp³-hybridized carbons (Fsp3) is 0.333. The number of carbonyl (C=O) groups excluding carboxylic acids is 1. The maximum Gasteiger partial charge on any atom is 0.253 e. The molecule has 1 aliphatic rings. The molecule has 16 heavy (non-hydrogen) atoms. The smallest absolute Gasteiger partial charge is 0.253 e. The summed E-state index contributed by atoms with van der Waals surface area (Å²) in [5.41, 5.74) is 2.43. The summed E-state index contributed by atoms with van der Waals surface area (Å²) in [6, 6.07) is 9.41. The second-order valence-corrected chi connectivity index (χ2v) is 4.01. The van der Waals surface area contributed by atoms with E-state index in [1.165, 1.54) is 0 Å². The molecule has 0 atom stereocenters. The molecule has 1 fully saturated rings. The molecular formula is C12H14N2OS. The number of amides is 1. The van der Waals surface area contributed by atoms with Gasteiger partial charge in [-0.3, -0.25) is 4.79 Å². The van der Waals surface area contributed by atoms with E-state index in [1.54, 1.807) is 5.49 Å². The highest BCUT2D eigenvalue weighted by Gasteiger charge is 2.20. The summed E-state index contributed by atoms with van der Waals surface area (Å²) in [5, 5.41) is 0. The SMILES string of the molecule is O=C(c1ccccc1)N1CCN(C=S)CC1. The summed E-state index contributed by atoms with van der Waals surface area (Å²) in [7, 11) is 0. The molecule has 1 saturated heterocycles. The van der Waals surface area contributed by atoms with Crippen molar-refractivity contribution in [3.63, 3.8) is 0 Å². The van der Waals surface area contributed by atoms with Crippen molar-refractivity contribution in [2.75, 3.05) is 26.2 Å². The van der Waals surface area contributed by atoms with Crippen molar-refractivity contribution in [3.05, 3.63) is 35.9 Å². The van der Waals surface area contributed by atoms with Crippen LogP contribution in [-0.2, 0) is 0 Å². The average molecular weight is 234 g/mol. The van der Waals surface area contributed by atoms with Gasteiger partial charge in [-0.1, -0.05) is 30.4 Å². The van der Waals surface area contributed by atoms with Gasteiger partial charge in [0.1, 0.15) is 0 Å². The van der Waals surface area contributed by atoms with E-state index in [0.29, 0.717) is 0 Å². The van der Waals surface area contributed by atoms with Gasteiger partial charge in [0.05, 0.1) is 5.49 Å². The van der Waals surface area contributed by atoms with Gasteiger partial charge in [0.25, 0.3) is 5.91 Å². The first-order chi connectivity index (χ1) is 7.81. The molecule has 4 heteroatoms. The zero-order valence-corrected chi connectivity index (χ0v) is 9.82. The van der Waals surface area contributed by atoms with Gasteiger partial charge < -0.3 is 9.80 Å². The van der Waals surface area contributed by atoms with E-state index < -0.39 is 0 Å². The van der Waals surface area contributed by atoms with Crippen molar-refractivity contribution in [2.45, 2.75) is 0 Å². The van der Waals surface area contributed by atoms with Crippen LogP contribution in [0, 0.1) is 0 Å². The number of hydrogen-bond acceptors (Lipinski definition) is 2. The molecule has 1 aromatic rings. The van der Waals surface area contributed by atoms with Gasteiger partial charge in [-0.05, 0) is 12.1 Å². The molecule has 0 radical (unpaired) electrons. The van der Waals surface area contributed by atoms with Crippen LogP contribution in [0.25, 0.3) is 0 Å². The third kappa shape index (κ3) is 2.39. The van der Waals surface area contributed by atoms with Crippen LogP contribution in [0.15, 0.2) is 30.3 Å². The second kappa shape index (κ2) is 5.07. The fourth-order valence-electron chi connectivity index (χ4n) is 1.79. The molecule has 0 unspecified atom stereocenters. The van der Waals surface area contributed by atoms with E-state index in [2.05, 4.69) is 4.90 Å². The summed E-state index contributed by atoms with van der Waals surface area (Å²) < 4.78 is 0. The van der Waals surface area contributed by atoms with Crippen molar-refractivity contribution < 1.29 is 4.79 Å². The van der Waals surface area contributed by atoms with Gasteiger partial charge in [-0.2, -0.15) is 0 Å². The van der Waals surface area contributed by atoms with Gasteiger partial charge in [-0.25, -0.2) is 0 Å². The van der Waals surface area contributed by atoms with Gasteiger partial charge in [-0.15, -0.1) is 0 Å². The Morgan fingerprint density at radius 1 is 1.12 bits per heavy atom. The fourth-order valence-corrected chi connectivity index (χ4v) is 2.00. The predicted octanol–water partition coefficient (Wildman–Crippen LogP) is 1.40. The van der Waals surface area contributed by atoms with Crippen molar-refractivity contribution in [2.24, 2.45) is 0 Å². The molecule has 0 aromatic heterocycles. The molecule has 1 aromatic carbocycles. The lowest BCUT2D eigenvalue weighted by molar-refractivity contribution is 0.0696. The van der Waals surface area contributed by atoms with Crippen molar-refractivity contribution in [1.29, 1.82) is 0 Å². The minimum atomic E-state index is 0.115. The van der Waals surface area contributed by atoms with Crippen molar-refractivity contribution in [1.82, 2.24) is 9.80 Å². The first-order valence-electron chi connectivity index (χ1n) is 5.35. The quantitative estimate of drug-likeness (QED) is 0.723. The van der Waals surface area contributed by atoms with Crippen LogP contribution in [0.1, 0.15) is 10.4 Å². The van der Waals surface area contributed by atoms with Crippen molar-refractivity contribution >= 4 is 23.6 Å². The van der Waals surface area contributed by atoms with Crippen LogP contribution in [0.5, 0.6) is 0 Å². The molecule has 2 rings (SSSR count). The highest BCUT2D eigenvalue weighted by Crippen LogP contribution is 2.07. The largest absolute Gasteiger partial charge is 0.365 e. The average Bonchev–Trinajstić information content (AvgIpc) is 2.39. The normalized spacial score (nSPS) is 16.0. The standard InChI is InChI=1S/C12H14N2OS/c15-12(11-4-2-1-3-5-11)14-8-6-13(10-16)7-9-14/h1-5,10H,6-9H2. The van der Waals surface area contributed by atoms with Gasteiger partial charge in [0, 0.05) is 31.7 Å². The Kier molecular flexibility index (Phi) is 3.51. The summed E-state index contributed by atoms with van der Waals surface area (Å²) in [6.45, 7) is 3.17. The zero-order valence-electron chi connectivity index (χ0n) is 9.00. The number of benzene rings is 1. The van der Waals surface area contributed by atoms with E-state index >= 15 is 0 Å². The number of rotatable bonds is 2. The molecule has 84 valence electrons. The molecule has 1 amide bonds. The molecule has 0 N–H and O–H groups in total. The van der Waals surface area contributed by atoms with Gasteiger partial charge in [0.2, 0.25) is 0 Å². The Morgan fingerprint density at radius 3 is 2.31 bits per heavy atom. The highest BCUT2D eigenvalue weighted by molar-refractivity contribution is 7.78. The molecule has 1 aliphatic heterocycles. The van der Waals surface area contributed by atoms with Crippen LogP contribution in [0.3, 0.4) is 0 Å². The minimum Gasteiger partial charge on any atom is -0.365 e. The Labute approximate surface area is 101 Å². The summed E-state index contributed by atoms with van der Waals surface area (Å²) in [5.74, 6) is 0.115. The van der Waals surface area contributed by atoms with Crippen LogP contribution < -0.4 is 0 Å². The molecule has 0 bridgehead atoms. The molecule has 0 aliphatic carbocycles. The summed E-state index contributed by atoms with van der Waals surface area (Å²) >= 11 is 4.87. The summed E-state index contributed by atoms with van der Waals surface area (Å²) in [6.07, 6.45) is 0. The Balaban J connectivity index is 1.99. The van der Waals surface area contributed by atoms with E-state index in [4.69, 9.17) is 12.2 Å². The number of thiocarbonyl (C=S) groups is 1. The number of carbonyl (C=O) groups is 1. The van der Waals surface area contributed by atoms with Crippen LogP contribution in [0.2, 0.25) is 0 Å². The lowest BCUT2D eigenvalue weighted by Crippen LogP contribution is -2.47. The summed E-state index contributed by atoms with van der Waals surface area (Å²) in [4.78, 5) is 16.0. The number of hydrogen-bond donors (Lipinski definition) is 0. The minimum absolute atomic E-state index is 0.115. The lowest BCUT2D eigenvalue weighted by Gasteiger charge is -2.33. The van der Waals surface area contributed by atoms with E-state index in [-0.39, 0.29) is 5.91 Å². The van der Waals surface area contributed by atoms with E-state index in [1.807, 2.05) is 35.2 Å². The first kappa shape index (κ1) is 11.1. The maximum atomic E-state index is 12.1. The van der Waals surface area contributed by atoms with Crippen LogP contribution in [0.4, 0.5) is 0 Å². The lowest BCUT2D eigenvalue weighted by atomic mass is 10.2. The van der Waals surface area contributed by atoms with Crippen molar-refractivity contribution in [3.8, 4) is 0 Å². The van der Waals surface area contributed by atoms with Crippen LogP contribution in [-0.4, -0.2) is 47.4 Å². The van der Waals surface area contributed by atoms with E-state index in [0.717, 1.165) is 31.7 Å². The molecular weight excluding hydrogens is 220 g/mol. The topological polar surface area (TPSA) is 23.6 Å². The first-order valence-corrected chi connectivity index (χ1v) is 5.82. The maximum absolute atomic E-state index is 12.1. The molecule has 1 heterocycles. The Morgan fingerprint density at radius 2 is 1.75 bits per heavy atom. The second-order valence-electron chi connectivity index (χ2n) is 3.80. The number of piperazine rings is 1.